The summed E-state index contributed by atoms with van der Waals surface area (Å²) in [5, 5.41) is 21.9. The van der Waals surface area contributed by atoms with Gasteiger partial charge in [-0.1, -0.05) is 19.8 Å². The van der Waals surface area contributed by atoms with Gasteiger partial charge in [-0.05, 0) is 18.6 Å². The molecule has 0 saturated heterocycles. The Balaban J connectivity index is 1.82. The van der Waals surface area contributed by atoms with Crippen LogP contribution in [0.1, 0.15) is 37.3 Å². The Morgan fingerprint density at radius 2 is 2.00 bits per heavy atom. The van der Waals surface area contributed by atoms with E-state index in [0.29, 0.717) is 29.3 Å². The summed E-state index contributed by atoms with van der Waals surface area (Å²) in [6.45, 7) is 2.62. The van der Waals surface area contributed by atoms with Crippen LogP contribution in [0.15, 0.2) is 30.6 Å². The van der Waals surface area contributed by atoms with E-state index in [1.54, 1.807) is 17.2 Å². The van der Waals surface area contributed by atoms with Gasteiger partial charge in [-0.2, -0.15) is 0 Å². The zero-order valence-corrected chi connectivity index (χ0v) is 14.4. The third kappa shape index (κ3) is 2.31. The maximum absolute atomic E-state index is 13.2. The lowest BCUT2D eigenvalue weighted by Gasteiger charge is -2.24. The van der Waals surface area contributed by atoms with Crippen LogP contribution >= 0.6 is 0 Å². The summed E-state index contributed by atoms with van der Waals surface area (Å²) in [5.41, 5.74) is -0.976. The zero-order chi connectivity index (χ0) is 18.3. The molecule has 0 aliphatic carbocycles. The van der Waals surface area contributed by atoms with E-state index in [4.69, 9.17) is 9.47 Å². The number of pyridine rings is 1. The standard InChI is InChI=1S/C19H20N2O5/c1-2-3-4-7-21-14-5-6-20-10-13(14)19(24,18(21)23)12-8-16-17(9-15(12)22)26-11-25-16/h5-6,8-10,22,24H,2-4,7,11H2,1H3. The van der Waals surface area contributed by atoms with Crippen molar-refractivity contribution >= 4 is 11.6 Å². The molecule has 26 heavy (non-hydrogen) atoms. The fourth-order valence-electron chi connectivity index (χ4n) is 3.54. The van der Waals surface area contributed by atoms with Crippen LogP contribution in [0.4, 0.5) is 5.69 Å². The van der Waals surface area contributed by atoms with Gasteiger partial charge in [0.25, 0.3) is 5.91 Å². The number of carbonyl (C=O) groups excluding carboxylic acids is 1. The van der Waals surface area contributed by atoms with Gasteiger partial charge in [0.05, 0.1) is 5.69 Å². The van der Waals surface area contributed by atoms with Crippen LogP contribution in [0.2, 0.25) is 0 Å². The second kappa shape index (κ2) is 6.17. The largest absolute Gasteiger partial charge is 0.507 e. The molecule has 7 heteroatoms. The van der Waals surface area contributed by atoms with E-state index in [1.807, 2.05) is 0 Å². The molecular weight excluding hydrogens is 336 g/mol. The van der Waals surface area contributed by atoms with Gasteiger partial charge < -0.3 is 24.6 Å². The van der Waals surface area contributed by atoms with E-state index in [2.05, 4.69) is 11.9 Å². The van der Waals surface area contributed by atoms with Crippen molar-refractivity contribution in [2.24, 2.45) is 0 Å². The Morgan fingerprint density at radius 3 is 2.77 bits per heavy atom. The summed E-state index contributed by atoms with van der Waals surface area (Å²) in [5.74, 6) is 0.0430. The van der Waals surface area contributed by atoms with E-state index >= 15 is 0 Å². The second-order valence-corrected chi connectivity index (χ2v) is 6.49. The molecule has 2 N–H and O–H groups in total. The molecule has 2 aliphatic rings. The molecule has 7 nitrogen and oxygen atoms in total. The maximum Gasteiger partial charge on any atom is 0.268 e. The summed E-state index contributed by atoms with van der Waals surface area (Å²) >= 11 is 0. The Hall–Kier alpha value is -2.80. The Bertz CT molecular complexity index is 869. The highest BCUT2D eigenvalue weighted by molar-refractivity contribution is 6.09. The first-order chi connectivity index (χ1) is 12.6. The molecule has 1 amide bonds. The molecule has 136 valence electrons. The van der Waals surface area contributed by atoms with Crippen LogP contribution in [-0.2, 0) is 10.4 Å². The van der Waals surface area contributed by atoms with E-state index in [9.17, 15) is 15.0 Å². The highest BCUT2D eigenvalue weighted by atomic mass is 16.7. The van der Waals surface area contributed by atoms with Gasteiger partial charge in [0.15, 0.2) is 11.5 Å². The van der Waals surface area contributed by atoms with Gasteiger partial charge in [0.2, 0.25) is 12.4 Å². The summed E-state index contributed by atoms with van der Waals surface area (Å²) in [7, 11) is 0. The minimum Gasteiger partial charge on any atom is -0.507 e. The molecule has 4 rings (SSSR count). The number of aromatic nitrogens is 1. The summed E-state index contributed by atoms with van der Waals surface area (Å²) in [4.78, 5) is 18.8. The molecule has 2 aromatic rings. The summed E-state index contributed by atoms with van der Waals surface area (Å²) in [6, 6.07) is 4.53. The van der Waals surface area contributed by atoms with Crippen molar-refractivity contribution in [2.45, 2.75) is 31.8 Å². The van der Waals surface area contributed by atoms with Gasteiger partial charge >= 0.3 is 0 Å². The molecular formula is C19H20N2O5. The average Bonchev–Trinajstić information content (AvgIpc) is 3.18. The predicted octanol–water partition coefficient (Wildman–Crippen LogP) is 2.29. The quantitative estimate of drug-likeness (QED) is 0.799. The number of benzene rings is 1. The molecule has 0 fully saturated rings. The van der Waals surface area contributed by atoms with E-state index in [0.717, 1.165) is 19.3 Å². The van der Waals surface area contributed by atoms with Crippen LogP contribution in [0, 0.1) is 0 Å². The Labute approximate surface area is 150 Å². The number of fused-ring (bicyclic) bond motifs is 2. The fourth-order valence-corrected chi connectivity index (χ4v) is 3.54. The molecule has 0 radical (unpaired) electrons. The topological polar surface area (TPSA) is 92.1 Å². The van der Waals surface area contributed by atoms with Crippen LogP contribution < -0.4 is 14.4 Å². The first-order valence-corrected chi connectivity index (χ1v) is 8.69. The fraction of sp³-hybridized carbons (Fsp3) is 0.368. The van der Waals surface area contributed by atoms with Crippen molar-refractivity contribution in [2.75, 3.05) is 18.2 Å². The number of anilines is 1. The number of phenolic OH excluding ortho intramolecular Hbond substituents is 1. The van der Waals surface area contributed by atoms with E-state index < -0.39 is 11.5 Å². The molecule has 0 spiro atoms. The normalized spacial score (nSPS) is 20.5. The van der Waals surface area contributed by atoms with Crippen molar-refractivity contribution in [1.29, 1.82) is 0 Å². The lowest BCUT2D eigenvalue weighted by Crippen LogP contribution is -2.41. The SMILES string of the molecule is CCCCCN1C(=O)C(O)(c2cc3c(cc2O)OCO3)c2cnccc21. The number of aromatic hydroxyl groups is 1. The number of ether oxygens (including phenoxy) is 2. The minimum absolute atomic E-state index is 0.0336. The molecule has 1 aromatic heterocycles. The molecule has 1 aromatic carbocycles. The Kier molecular flexibility index (Phi) is 3.96. The Morgan fingerprint density at radius 1 is 1.23 bits per heavy atom. The van der Waals surface area contributed by atoms with Gasteiger partial charge in [0, 0.05) is 36.1 Å². The highest BCUT2D eigenvalue weighted by Crippen LogP contribution is 2.49. The third-order valence-electron chi connectivity index (χ3n) is 4.90. The smallest absolute Gasteiger partial charge is 0.268 e. The molecule has 3 heterocycles. The number of phenols is 1. The highest BCUT2D eigenvalue weighted by Gasteiger charge is 2.53. The number of carbonyl (C=O) groups is 1. The number of amides is 1. The zero-order valence-electron chi connectivity index (χ0n) is 14.4. The van der Waals surface area contributed by atoms with Gasteiger partial charge in [-0.3, -0.25) is 9.78 Å². The number of aliphatic hydroxyl groups is 1. The van der Waals surface area contributed by atoms with Gasteiger partial charge in [-0.15, -0.1) is 0 Å². The van der Waals surface area contributed by atoms with E-state index in [1.165, 1.54) is 18.3 Å². The molecule has 2 aliphatic heterocycles. The molecule has 0 bridgehead atoms. The lowest BCUT2D eigenvalue weighted by atomic mass is 9.87. The summed E-state index contributed by atoms with van der Waals surface area (Å²) < 4.78 is 10.6. The van der Waals surface area contributed by atoms with Crippen molar-refractivity contribution < 1.29 is 24.5 Å². The number of hydrogen-bond donors (Lipinski definition) is 2. The van der Waals surface area contributed by atoms with Crippen LogP contribution in [-0.4, -0.2) is 34.4 Å². The van der Waals surface area contributed by atoms with Crippen molar-refractivity contribution in [3.05, 3.63) is 41.7 Å². The van der Waals surface area contributed by atoms with Gasteiger partial charge in [0.1, 0.15) is 5.75 Å². The van der Waals surface area contributed by atoms with E-state index in [-0.39, 0.29) is 18.1 Å². The average molecular weight is 356 g/mol. The number of rotatable bonds is 5. The molecule has 1 unspecified atom stereocenters. The first kappa shape index (κ1) is 16.7. The first-order valence-electron chi connectivity index (χ1n) is 8.69. The molecule has 1 atom stereocenters. The monoisotopic (exact) mass is 356 g/mol. The van der Waals surface area contributed by atoms with Crippen LogP contribution in [0.25, 0.3) is 0 Å². The number of unbranched alkanes of at least 4 members (excludes halogenated alkanes) is 2. The van der Waals surface area contributed by atoms with Crippen LogP contribution in [0.5, 0.6) is 17.2 Å². The minimum atomic E-state index is -2.01. The van der Waals surface area contributed by atoms with Crippen molar-refractivity contribution in [3.63, 3.8) is 0 Å². The molecule has 0 saturated carbocycles. The second-order valence-electron chi connectivity index (χ2n) is 6.49. The van der Waals surface area contributed by atoms with Crippen molar-refractivity contribution in [3.8, 4) is 17.2 Å². The maximum atomic E-state index is 13.2. The third-order valence-corrected chi connectivity index (χ3v) is 4.90. The van der Waals surface area contributed by atoms with Crippen LogP contribution in [0.3, 0.4) is 0 Å². The summed E-state index contributed by atoms with van der Waals surface area (Å²) in [6.07, 6.45) is 5.89. The number of hydrogen-bond acceptors (Lipinski definition) is 6. The van der Waals surface area contributed by atoms with Crippen molar-refractivity contribution in [1.82, 2.24) is 4.98 Å². The predicted molar refractivity (Wildman–Crippen MR) is 93.3 cm³/mol. The van der Waals surface area contributed by atoms with Gasteiger partial charge in [-0.25, -0.2) is 0 Å². The number of nitrogens with zero attached hydrogens (tertiary/aromatic N) is 2. The lowest BCUT2D eigenvalue weighted by molar-refractivity contribution is -0.132.